The minimum absolute atomic E-state index is 0.235. The van der Waals surface area contributed by atoms with Crippen LogP contribution in [0.5, 0.6) is 0 Å². The van der Waals surface area contributed by atoms with E-state index in [2.05, 4.69) is 19.1 Å². The Morgan fingerprint density at radius 1 is 1.21 bits per heavy atom. The second-order valence-electron chi connectivity index (χ2n) is 3.63. The largest absolute Gasteiger partial charge is 0.396 e. The molecule has 77 valence electrons. The second kappa shape index (κ2) is 6.61. The summed E-state index contributed by atoms with van der Waals surface area (Å²) in [6, 6.07) is 9.15. The molecule has 1 aromatic carbocycles. The summed E-state index contributed by atoms with van der Waals surface area (Å²) >= 11 is 0. The molecule has 0 spiro atoms. The van der Waals surface area contributed by atoms with Gasteiger partial charge in [0.1, 0.15) is 0 Å². The van der Waals surface area contributed by atoms with Crippen molar-refractivity contribution in [3.63, 3.8) is 0 Å². The molecule has 0 aliphatic rings. The number of rotatable bonds is 6. The summed E-state index contributed by atoms with van der Waals surface area (Å²) in [7, 11) is 0. The van der Waals surface area contributed by atoms with Crippen molar-refractivity contribution in [2.45, 2.75) is 39.0 Å². The van der Waals surface area contributed by atoms with Crippen LogP contribution in [0, 0.1) is 6.07 Å². The number of aliphatic hydroxyl groups is 1. The Hall–Kier alpha value is -0.820. The molecule has 0 unspecified atom stereocenters. The highest BCUT2D eigenvalue weighted by Gasteiger charge is 2.00. The van der Waals surface area contributed by atoms with Crippen LogP contribution < -0.4 is 0 Å². The molecule has 0 heterocycles. The first kappa shape index (κ1) is 11.3. The van der Waals surface area contributed by atoms with Gasteiger partial charge < -0.3 is 5.11 Å². The minimum Gasteiger partial charge on any atom is -0.396 e. The molecule has 1 N–H and O–H groups in total. The average molecular weight is 191 g/mol. The number of aryl methyl sites for hydroxylation is 1. The van der Waals surface area contributed by atoms with Crippen molar-refractivity contribution < 1.29 is 5.11 Å². The van der Waals surface area contributed by atoms with Gasteiger partial charge in [0.2, 0.25) is 0 Å². The fourth-order valence-electron chi connectivity index (χ4n) is 1.66. The van der Waals surface area contributed by atoms with Crippen LogP contribution in [-0.4, -0.2) is 11.7 Å². The van der Waals surface area contributed by atoms with Crippen molar-refractivity contribution in [1.82, 2.24) is 0 Å². The van der Waals surface area contributed by atoms with Gasteiger partial charge in [0.05, 0.1) is 0 Å². The molecule has 0 bridgehead atoms. The Kier molecular flexibility index (Phi) is 5.31. The number of aliphatic hydroxyl groups excluding tert-OH is 1. The highest BCUT2D eigenvalue weighted by molar-refractivity contribution is 5.26. The second-order valence-corrected chi connectivity index (χ2v) is 3.63. The zero-order valence-corrected chi connectivity index (χ0v) is 8.92. The first-order chi connectivity index (χ1) is 6.88. The van der Waals surface area contributed by atoms with E-state index in [-0.39, 0.29) is 6.61 Å². The first-order valence-corrected chi connectivity index (χ1v) is 5.47. The molecule has 14 heavy (non-hydrogen) atoms. The fourth-order valence-corrected chi connectivity index (χ4v) is 1.66. The maximum atomic E-state index is 8.90. The molecular formula is C13H19O. The van der Waals surface area contributed by atoms with Crippen LogP contribution in [0.1, 0.15) is 37.3 Å². The standard InChI is InChI=1S/C13H19O/c1-2-3-4-7-12-8-5-6-9-13(12)10-11-14/h5,8-9,14H,2-4,7,10-11H2,1H3. The van der Waals surface area contributed by atoms with E-state index >= 15 is 0 Å². The van der Waals surface area contributed by atoms with Crippen LogP contribution in [0.2, 0.25) is 0 Å². The normalized spacial score (nSPS) is 10.4. The molecule has 1 nitrogen and oxygen atoms in total. The van der Waals surface area contributed by atoms with Gasteiger partial charge in [0, 0.05) is 6.61 Å². The molecule has 0 atom stereocenters. The van der Waals surface area contributed by atoms with Crippen LogP contribution in [0.15, 0.2) is 18.2 Å². The zero-order valence-electron chi connectivity index (χ0n) is 8.92. The molecule has 1 aromatic rings. The SMILES string of the molecule is CCCCCc1cc[c]cc1CCO. The van der Waals surface area contributed by atoms with Gasteiger partial charge in [-0.05, 0) is 36.5 Å². The zero-order chi connectivity index (χ0) is 10.2. The monoisotopic (exact) mass is 191 g/mol. The number of hydrogen-bond acceptors (Lipinski definition) is 1. The topological polar surface area (TPSA) is 20.2 Å². The molecule has 0 fully saturated rings. The molecule has 1 rings (SSSR count). The van der Waals surface area contributed by atoms with E-state index in [0.29, 0.717) is 0 Å². The third-order valence-corrected chi connectivity index (χ3v) is 2.48. The Balaban J connectivity index is 2.55. The minimum atomic E-state index is 0.235. The third kappa shape index (κ3) is 3.51. The summed E-state index contributed by atoms with van der Waals surface area (Å²) in [6.07, 6.45) is 5.70. The molecule has 0 saturated heterocycles. The van der Waals surface area contributed by atoms with Gasteiger partial charge in [-0.25, -0.2) is 0 Å². The van der Waals surface area contributed by atoms with E-state index in [1.54, 1.807) is 0 Å². The molecule has 1 radical (unpaired) electrons. The third-order valence-electron chi connectivity index (χ3n) is 2.48. The van der Waals surface area contributed by atoms with Gasteiger partial charge in [-0.1, -0.05) is 38.0 Å². The maximum Gasteiger partial charge on any atom is 0.0471 e. The lowest BCUT2D eigenvalue weighted by atomic mass is 9.99. The molecule has 0 saturated carbocycles. The van der Waals surface area contributed by atoms with Crippen molar-refractivity contribution in [1.29, 1.82) is 0 Å². The summed E-state index contributed by atoms with van der Waals surface area (Å²) in [5.41, 5.74) is 2.64. The molecule has 0 aliphatic carbocycles. The maximum absolute atomic E-state index is 8.90. The smallest absolute Gasteiger partial charge is 0.0471 e. The lowest BCUT2D eigenvalue weighted by molar-refractivity contribution is 0.299. The molecule has 0 amide bonds. The van der Waals surface area contributed by atoms with Crippen molar-refractivity contribution >= 4 is 0 Å². The average Bonchev–Trinajstić information content (AvgIpc) is 2.21. The van der Waals surface area contributed by atoms with Crippen molar-refractivity contribution in [3.05, 3.63) is 35.4 Å². The Bertz CT molecular complexity index is 255. The van der Waals surface area contributed by atoms with Gasteiger partial charge in [-0.2, -0.15) is 0 Å². The summed E-state index contributed by atoms with van der Waals surface area (Å²) in [6.45, 7) is 2.45. The summed E-state index contributed by atoms with van der Waals surface area (Å²) < 4.78 is 0. The van der Waals surface area contributed by atoms with Crippen molar-refractivity contribution in [2.24, 2.45) is 0 Å². The Morgan fingerprint density at radius 2 is 2.07 bits per heavy atom. The highest BCUT2D eigenvalue weighted by atomic mass is 16.2. The highest BCUT2D eigenvalue weighted by Crippen LogP contribution is 2.12. The predicted octanol–water partition coefficient (Wildman–Crippen LogP) is 2.75. The molecular weight excluding hydrogens is 172 g/mol. The van der Waals surface area contributed by atoms with Crippen molar-refractivity contribution in [3.8, 4) is 0 Å². The van der Waals surface area contributed by atoms with E-state index in [0.717, 1.165) is 12.8 Å². The molecule has 0 aromatic heterocycles. The van der Waals surface area contributed by atoms with Gasteiger partial charge in [-0.15, -0.1) is 0 Å². The lowest BCUT2D eigenvalue weighted by Crippen LogP contribution is -1.97. The summed E-state index contributed by atoms with van der Waals surface area (Å²) in [5, 5.41) is 8.90. The number of unbranched alkanes of at least 4 members (excludes halogenated alkanes) is 2. The quantitative estimate of drug-likeness (QED) is 0.685. The van der Waals surface area contributed by atoms with E-state index in [1.807, 2.05) is 12.1 Å². The van der Waals surface area contributed by atoms with Crippen LogP contribution in [0.3, 0.4) is 0 Å². The van der Waals surface area contributed by atoms with Gasteiger partial charge in [0.25, 0.3) is 0 Å². The van der Waals surface area contributed by atoms with E-state index in [4.69, 9.17) is 5.11 Å². The summed E-state index contributed by atoms with van der Waals surface area (Å²) in [5.74, 6) is 0. The van der Waals surface area contributed by atoms with Crippen LogP contribution in [-0.2, 0) is 12.8 Å². The van der Waals surface area contributed by atoms with Gasteiger partial charge >= 0.3 is 0 Å². The summed E-state index contributed by atoms with van der Waals surface area (Å²) in [4.78, 5) is 0. The van der Waals surface area contributed by atoms with Crippen molar-refractivity contribution in [2.75, 3.05) is 6.61 Å². The van der Waals surface area contributed by atoms with E-state index in [1.165, 1.54) is 30.4 Å². The van der Waals surface area contributed by atoms with Crippen LogP contribution in [0.4, 0.5) is 0 Å². The van der Waals surface area contributed by atoms with Gasteiger partial charge in [-0.3, -0.25) is 0 Å². The van der Waals surface area contributed by atoms with E-state index in [9.17, 15) is 0 Å². The van der Waals surface area contributed by atoms with Gasteiger partial charge in [0.15, 0.2) is 0 Å². The van der Waals surface area contributed by atoms with E-state index < -0.39 is 0 Å². The lowest BCUT2D eigenvalue weighted by Gasteiger charge is -2.07. The Morgan fingerprint density at radius 3 is 2.79 bits per heavy atom. The molecule has 0 aliphatic heterocycles. The Labute approximate surface area is 86.8 Å². The predicted molar refractivity (Wildman–Crippen MR) is 59.3 cm³/mol. The van der Waals surface area contributed by atoms with Crippen LogP contribution in [0.25, 0.3) is 0 Å². The number of benzene rings is 1. The van der Waals surface area contributed by atoms with Crippen LogP contribution >= 0.6 is 0 Å². The molecule has 1 heteroatoms. The number of hydrogen-bond donors (Lipinski definition) is 1. The fraction of sp³-hybridized carbons (Fsp3) is 0.538. The first-order valence-electron chi connectivity index (χ1n) is 5.47.